The number of nitrogens with zero attached hydrogens (tertiary/aromatic N) is 3. The van der Waals surface area contributed by atoms with Gasteiger partial charge in [0.05, 0.1) is 21.4 Å². The molecule has 2 unspecified atom stereocenters. The zero-order valence-corrected chi connectivity index (χ0v) is 11.6. The van der Waals surface area contributed by atoms with Crippen molar-refractivity contribution in [1.82, 2.24) is 15.0 Å². The van der Waals surface area contributed by atoms with Gasteiger partial charge < -0.3 is 0 Å². The number of aromatic nitrogens is 3. The Balaban J connectivity index is 1.76. The van der Waals surface area contributed by atoms with Crippen LogP contribution in [0.25, 0.3) is 5.57 Å². The Hall–Kier alpha value is -1.88. The lowest BCUT2D eigenvalue weighted by atomic mass is 9.92. The number of hydrogen-bond acceptors (Lipinski definition) is 4. The van der Waals surface area contributed by atoms with E-state index in [1.54, 1.807) is 6.33 Å². The van der Waals surface area contributed by atoms with Gasteiger partial charge in [0.25, 0.3) is 0 Å². The van der Waals surface area contributed by atoms with E-state index in [4.69, 9.17) is 0 Å². The zero-order valence-electron chi connectivity index (χ0n) is 10.8. The molecule has 20 heavy (non-hydrogen) atoms. The van der Waals surface area contributed by atoms with Crippen molar-refractivity contribution in [2.75, 3.05) is 0 Å². The van der Waals surface area contributed by atoms with Crippen LogP contribution in [0.3, 0.4) is 0 Å². The Labute approximate surface area is 118 Å². The Morgan fingerprint density at radius 3 is 3.00 bits per heavy atom. The highest BCUT2D eigenvalue weighted by Gasteiger charge is 2.88. The normalized spacial score (nSPS) is 35.5. The smallest absolute Gasteiger partial charge is 0.116 e. The van der Waals surface area contributed by atoms with Crippen LogP contribution in [0, 0.1) is 6.92 Å². The highest BCUT2D eigenvalue weighted by molar-refractivity contribution is 7.97. The molecular formula is C15H11N3OS. The van der Waals surface area contributed by atoms with Crippen LogP contribution in [-0.2, 0) is 10.8 Å². The van der Waals surface area contributed by atoms with Gasteiger partial charge in [-0.2, -0.15) is 0 Å². The van der Waals surface area contributed by atoms with Crippen LogP contribution in [0.1, 0.15) is 28.6 Å². The number of fused-ring (bicyclic) bond motifs is 3. The summed E-state index contributed by atoms with van der Waals surface area (Å²) < 4.78 is 11.8. The third kappa shape index (κ3) is 1.09. The fourth-order valence-corrected chi connectivity index (χ4v) is 5.42. The molecule has 1 saturated carbocycles. The first-order valence-electron chi connectivity index (χ1n) is 6.61. The van der Waals surface area contributed by atoms with Crippen LogP contribution < -0.4 is 0 Å². The molecule has 0 radical (unpaired) electrons. The number of pyridine rings is 1. The number of aryl methyl sites for hydroxylation is 1. The summed E-state index contributed by atoms with van der Waals surface area (Å²) in [7, 11) is -0.713. The SMILES string of the molecule is Cc1cc(C2=C[C@]34C(c5ncccc52)[C@H]3S4=O)ncn1. The lowest BCUT2D eigenvalue weighted by molar-refractivity contribution is 0.682. The van der Waals surface area contributed by atoms with Gasteiger partial charge in [-0.15, -0.1) is 0 Å². The Morgan fingerprint density at radius 2 is 2.20 bits per heavy atom. The number of rotatable bonds is 1. The molecule has 4 atom stereocenters. The van der Waals surface area contributed by atoms with Crippen molar-refractivity contribution >= 4 is 16.4 Å². The van der Waals surface area contributed by atoms with Crippen molar-refractivity contribution < 1.29 is 4.21 Å². The van der Waals surface area contributed by atoms with E-state index in [0.29, 0.717) is 5.92 Å². The van der Waals surface area contributed by atoms with Gasteiger partial charge in [0.1, 0.15) is 6.33 Å². The van der Waals surface area contributed by atoms with Crippen molar-refractivity contribution in [3.63, 3.8) is 0 Å². The predicted molar refractivity (Wildman–Crippen MR) is 75.5 cm³/mol. The molecule has 0 aromatic carbocycles. The summed E-state index contributed by atoms with van der Waals surface area (Å²) in [5.74, 6) is 0.367. The van der Waals surface area contributed by atoms with Gasteiger partial charge in [-0.3, -0.25) is 9.19 Å². The molecule has 2 aromatic heterocycles. The average molecular weight is 281 g/mol. The molecule has 3 aliphatic rings. The first-order chi connectivity index (χ1) is 9.73. The highest BCUT2D eigenvalue weighted by Crippen LogP contribution is 2.77. The van der Waals surface area contributed by atoms with Crippen molar-refractivity contribution in [1.29, 1.82) is 0 Å². The lowest BCUT2D eigenvalue weighted by Gasteiger charge is -2.20. The minimum atomic E-state index is -0.713. The maximum atomic E-state index is 12.0. The van der Waals surface area contributed by atoms with E-state index < -0.39 is 10.8 Å². The molecule has 2 aromatic rings. The summed E-state index contributed by atoms with van der Waals surface area (Å²) >= 11 is 0. The average Bonchev–Trinajstić information content (AvgIpc) is 3.32. The molecule has 1 spiro atoms. The molecule has 2 aliphatic carbocycles. The zero-order chi connectivity index (χ0) is 13.5. The lowest BCUT2D eigenvalue weighted by Crippen LogP contribution is -2.16. The van der Waals surface area contributed by atoms with E-state index in [-0.39, 0.29) is 10.00 Å². The highest BCUT2D eigenvalue weighted by atomic mass is 32.2. The largest absolute Gasteiger partial charge is 0.260 e. The monoisotopic (exact) mass is 281 g/mol. The van der Waals surface area contributed by atoms with Gasteiger partial charge in [0.2, 0.25) is 0 Å². The van der Waals surface area contributed by atoms with Crippen molar-refractivity contribution in [2.45, 2.75) is 22.8 Å². The fourth-order valence-electron chi connectivity index (χ4n) is 3.42. The maximum Gasteiger partial charge on any atom is 0.116 e. The first kappa shape index (κ1) is 10.9. The van der Waals surface area contributed by atoms with Gasteiger partial charge in [-0.25, -0.2) is 9.97 Å². The van der Waals surface area contributed by atoms with Crippen LogP contribution in [0.5, 0.6) is 0 Å². The second-order valence-electron chi connectivity index (χ2n) is 5.59. The van der Waals surface area contributed by atoms with Gasteiger partial charge in [-0.05, 0) is 19.1 Å². The summed E-state index contributed by atoms with van der Waals surface area (Å²) in [6.45, 7) is 1.95. The summed E-state index contributed by atoms with van der Waals surface area (Å²) in [4.78, 5) is 13.1. The molecule has 2 fully saturated rings. The fraction of sp³-hybridized carbons (Fsp3) is 0.267. The second-order valence-corrected chi connectivity index (χ2v) is 7.40. The van der Waals surface area contributed by atoms with Crippen LogP contribution in [0.15, 0.2) is 36.8 Å². The molecular weight excluding hydrogens is 270 g/mol. The first-order valence-corrected chi connectivity index (χ1v) is 7.82. The minimum absolute atomic E-state index is 0.129. The van der Waals surface area contributed by atoms with Crippen molar-refractivity contribution in [2.24, 2.45) is 0 Å². The van der Waals surface area contributed by atoms with Crippen molar-refractivity contribution in [3.8, 4) is 0 Å². The minimum Gasteiger partial charge on any atom is -0.260 e. The standard InChI is InChI=1S/C15H11N3OS/c1-8-5-11(18-7-17-8)10-6-15-12(14(15)20(15)19)13-9(10)3-2-4-16-13/h2-7,12,14H,1H3/t12?,14-,15+,20?/m1/s1. The Morgan fingerprint density at radius 1 is 1.30 bits per heavy atom. The molecule has 4 nitrogen and oxygen atoms in total. The number of hydrogen-bond donors (Lipinski definition) is 0. The predicted octanol–water partition coefficient (Wildman–Crippen LogP) is 1.59. The van der Waals surface area contributed by atoms with Gasteiger partial charge in [0.15, 0.2) is 0 Å². The van der Waals surface area contributed by atoms with Gasteiger partial charge in [-0.1, -0.05) is 12.1 Å². The molecule has 3 heterocycles. The molecule has 98 valence electrons. The van der Waals surface area contributed by atoms with E-state index in [1.807, 2.05) is 25.3 Å². The van der Waals surface area contributed by atoms with Crippen LogP contribution in [0.4, 0.5) is 0 Å². The van der Waals surface area contributed by atoms with E-state index in [1.165, 1.54) is 0 Å². The Kier molecular flexibility index (Phi) is 1.75. The molecule has 5 rings (SSSR count). The van der Waals surface area contributed by atoms with Crippen LogP contribution in [0.2, 0.25) is 0 Å². The second kappa shape index (κ2) is 3.23. The summed E-state index contributed by atoms with van der Waals surface area (Å²) in [5, 5.41) is 0.289. The quantitative estimate of drug-likeness (QED) is 0.745. The summed E-state index contributed by atoms with van der Waals surface area (Å²) in [6, 6.07) is 6.01. The molecule has 0 N–H and O–H groups in total. The maximum absolute atomic E-state index is 12.0. The van der Waals surface area contributed by atoms with E-state index in [0.717, 1.165) is 28.2 Å². The van der Waals surface area contributed by atoms with E-state index >= 15 is 0 Å². The van der Waals surface area contributed by atoms with E-state index in [9.17, 15) is 4.21 Å². The summed E-state index contributed by atoms with van der Waals surface area (Å²) in [5.41, 5.74) is 5.11. The summed E-state index contributed by atoms with van der Waals surface area (Å²) in [6.07, 6.45) is 5.57. The van der Waals surface area contributed by atoms with E-state index in [2.05, 4.69) is 27.1 Å². The van der Waals surface area contributed by atoms with Crippen LogP contribution in [-0.4, -0.2) is 29.2 Å². The molecule has 0 bridgehead atoms. The Bertz CT molecular complexity index is 831. The molecule has 1 saturated heterocycles. The molecule has 1 aliphatic heterocycles. The third-order valence-corrected chi connectivity index (χ3v) is 6.71. The third-order valence-electron chi connectivity index (χ3n) is 4.52. The molecule has 0 amide bonds. The van der Waals surface area contributed by atoms with Crippen LogP contribution >= 0.6 is 0 Å². The molecule has 5 heteroatoms. The van der Waals surface area contributed by atoms with Gasteiger partial charge >= 0.3 is 0 Å². The van der Waals surface area contributed by atoms with Crippen molar-refractivity contribution in [3.05, 3.63) is 59.4 Å². The van der Waals surface area contributed by atoms with Gasteiger partial charge in [0, 0.05) is 39.7 Å². The topological polar surface area (TPSA) is 55.7 Å².